The van der Waals surface area contributed by atoms with Gasteiger partial charge in [-0.05, 0) is 43.5 Å². The Morgan fingerprint density at radius 2 is 2.06 bits per heavy atom. The summed E-state index contributed by atoms with van der Waals surface area (Å²) in [5.74, 6) is 0.0321. The summed E-state index contributed by atoms with van der Waals surface area (Å²) in [5.41, 5.74) is 6.85. The molecule has 0 saturated heterocycles. The fourth-order valence-corrected chi connectivity index (χ4v) is 2.71. The van der Waals surface area contributed by atoms with Crippen LogP contribution in [0, 0.1) is 0 Å². The number of anilines is 1. The fourth-order valence-electron chi connectivity index (χ4n) is 1.58. The van der Waals surface area contributed by atoms with Crippen LogP contribution in [-0.4, -0.2) is 32.4 Å². The number of nitrogens with two attached hydrogens (primary N) is 1. The predicted octanol–water partition coefficient (Wildman–Crippen LogP) is 0.702. The lowest BCUT2D eigenvalue weighted by Crippen LogP contribution is -2.19. The largest absolute Gasteiger partial charge is 0.396 e. The van der Waals surface area contributed by atoms with Crippen LogP contribution in [0.5, 0.6) is 0 Å². The van der Waals surface area contributed by atoms with Crippen LogP contribution in [0.1, 0.15) is 18.4 Å². The molecule has 1 rings (SSSR count). The van der Waals surface area contributed by atoms with Gasteiger partial charge in [0, 0.05) is 12.3 Å². The summed E-state index contributed by atoms with van der Waals surface area (Å²) in [6.07, 6.45) is 1.85. The van der Waals surface area contributed by atoms with Crippen LogP contribution >= 0.6 is 0 Å². The van der Waals surface area contributed by atoms with E-state index < -0.39 is 10.0 Å². The molecule has 1 aromatic rings. The van der Waals surface area contributed by atoms with E-state index >= 15 is 0 Å². The molecular formula is C12H20N2O3S. The minimum atomic E-state index is -3.31. The average molecular weight is 272 g/mol. The van der Waals surface area contributed by atoms with Crippen LogP contribution in [0.25, 0.3) is 0 Å². The number of aryl methyl sites for hydroxylation is 1. The van der Waals surface area contributed by atoms with Crippen molar-refractivity contribution in [2.45, 2.75) is 19.3 Å². The highest BCUT2D eigenvalue weighted by Crippen LogP contribution is 2.14. The Morgan fingerprint density at radius 3 is 2.72 bits per heavy atom. The minimum absolute atomic E-state index is 0.0321. The molecule has 6 heteroatoms. The van der Waals surface area contributed by atoms with Gasteiger partial charge in [-0.1, -0.05) is 12.1 Å². The number of benzene rings is 1. The van der Waals surface area contributed by atoms with Gasteiger partial charge in [-0.15, -0.1) is 0 Å². The number of hydrogen-bond donors (Lipinski definition) is 3. The van der Waals surface area contributed by atoms with Gasteiger partial charge in [0.1, 0.15) is 0 Å². The van der Waals surface area contributed by atoms with Gasteiger partial charge < -0.3 is 10.8 Å². The molecule has 0 fully saturated rings. The monoisotopic (exact) mass is 272 g/mol. The molecule has 0 bridgehead atoms. The first-order valence-corrected chi connectivity index (χ1v) is 7.63. The zero-order chi connectivity index (χ0) is 13.4. The van der Waals surface area contributed by atoms with Crippen molar-refractivity contribution in [1.29, 1.82) is 0 Å². The number of hydrogen-bond acceptors (Lipinski definition) is 4. The molecule has 1 aromatic carbocycles. The second-order valence-corrected chi connectivity index (χ2v) is 5.93. The van der Waals surface area contributed by atoms with Crippen molar-refractivity contribution in [2.75, 3.05) is 23.6 Å². The van der Waals surface area contributed by atoms with Crippen molar-refractivity contribution in [2.24, 2.45) is 5.73 Å². The molecule has 0 saturated carbocycles. The second kappa shape index (κ2) is 7.35. The quantitative estimate of drug-likeness (QED) is 0.649. The molecule has 0 aliphatic carbocycles. The summed E-state index contributed by atoms with van der Waals surface area (Å²) in [6, 6.07) is 7.21. The highest BCUT2D eigenvalue weighted by Gasteiger charge is 2.09. The Bertz CT molecular complexity index is 460. The lowest BCUT2D eigenvalue weighted by molar-refractivity contribution is 0.288. The summed E-state index contributed by atoms with van der Waals surface area (Å²) in [7, 11) is -3.31. The number of nitrogens with one attached hydrogen (secondary N) is 1. The van der Waals surface area contributed by atoms with Crippen molar-refractivity contribution in [3.63, 3.8) is 0 Å². The molecule has 0 unspecified atom stereocenters. The van der Waals surface area contributed by atoms with Gasteiger partial charge in [0.15, 0.2) is 0 Å². The Labute approximate surface area is 108 Å². The molecule has 0 radical (unpaired) electrons. The third-order valence-corrected chi connectivity index (χ3v) is 3.81. The minimum Gasteiger partial charge on any atom is -0.396 e. The zero-order valence-corrected chi connectivity index (χ0v) is 11.1. The van der Waals surface area contributed by atoms with E-state index in [4.69, 9.17) is 10.8 Å². The maximum absolute atomic E-state index is 11.7. The topological polar surface area (TPSA) is 92.4 Å². The Morgan fingerprint density at radius 1 is 1.28 bits per heavy atom. The van der Waals surface area contributed by atoms with Gasteiger partial charge in [-0.2, -0.15) is 0 Å². The van der Waals surface area contributed by atoms with Crippen LogP contribution in [0.3, 0.4) is 0 Å². The third-order valence-electron chi connectivity index (χ3n) is 2.44. The molecule has 0 aliphatic rings. The maximum atomic E-state index is 11.7. The van der Waals surface area contributed by atoms with Crippen LogP contribution < -0.4 is 10.5 Å². The second-order valence-electron chi connectivity index (χ2n) is 4.09. The smallest absolute Gasteiger partial charge is 0.232 e. The number of aliphatic hydroxyl groups is 1. The van der Waals surface area contributed by atoms with Crippen molar-refractivity contribution in [3.8, 4) is 0 Å². The van der Waals surface area contributed by atoms with E-state index in [-0.39, 0.29) is 12.4 Å². The van der Waals surface area contributed by atoms with Gasteiger partial charge in [-0.3, -0.25) is 4.72 Å². The van der Waals surface area contributed by atoms with Crippen LogP contribution in [0.15, 0.2) is 24.3 Å². The normalized spacial score (nSPS) is 11.4. The summed E-state index contributed by atoms with van der Waals surface area (Å²) in [6.45, 7) is 0.490. The summed E-state index contributed by atoms with van der Waals surface area (Å²) in [4.78, 5) is 0. The van der Waals surface area contributed by atoms with Crippen LogP contribution in [-0.2, 0) is 16.4 Å². The van der Waals surface area contributed by atoms with Gasteiger partial charge in [0.2, 0.25) is 10.0 Å². The van der Waals surface area contributed by atoms with E-state index in [1.165, 1.54) is 0 Å². The molecule has 0 aromatic heterocycles. The summed E-state index contributed by atoms with van der Waals surface area (Å²) in [5, 5.41) is 8.76. The SMILES string of the molecule is NCCCS(=O)(=O)Nc1cccc(CCCO)c1. The molecule has 5 nitrogen and oxygen atoms in total. The third kappa shape index (κ3) is 5.48. The molecule has 0 amide bonds. The average Bonchev–Trinajstić information content (AvgIpc) is 2.34. The molecule has 0 aliphatic heterocycles. The van der Waals surface area contributed by atoms with E-state index in [0.29, 0.717) is 25.1 Å². The molecule has 0 atom stereocenters. The molecule has 0 spiro atoms. The predicted molar refractivity (Wildman–Crippen MR) is 72.9 cm³/mol. The molecule has 4 N–H and O–H groups in total. The summed E-state index contributed by atoms with van der Waals surface area (Å²) >= 11 is 0. The van der Waals surface area contributed by atoms with Gasteiger partial charge in [0.25, 0.3) is 0 Å². The van der Waals surface area contributed by atoms with E-state index in [1.54, 1.807) is 18.2 Å². The lowest BCUT2D eigenvalue weighted by atomic mass is 10.1. The highest BCUT2D eigenvalue weighted by molar-refractivity contribution is 7.92. The number of sulfonamides is 1. The first-order valence-electron chi connectivity index (χ1n) is 5.98. The van der Waals surface area contributed by atoms with Crippen molar-refractivity contribution in [1.82, 2.24) is 0 Å². The van der Waals surface area contributed by atoms with E-state index in [9.17, 15) is 8.42 Å². The molecule has 0 heterocycles. The lowest BCUT2D eigenvalue weighted by Gasteiger charge is -2.09. The van der Waals surface area contributed by atoms with Gasteiger partial charge in [0.05, 0.1) is 5.75 Å². The van der Waals surface area contributed by atoms with Crippen molar-refractivity contribution in [3.05, 3.63) is 29.8 Å². The van der Waals surface area contributed by atoms with Gasteiger partial charge in [-0.25, -0.2) is 8.42 Å². The standard InChI is InChI=1S/C12H20N2O3S/c13-7-3-9-18(16,17)14-12-6-1-4-11(10-12)5-2-8-15/h1,4,6,10,14-15H,2-3,5,7-9,13H2. The van der Waals surface area contributed by atoms with Crippen LogP contribution in [0.4, 0.5) is 5.69 Å². The molecule has 102 valence electrons. The number of rotatable bonds is 8. The number of aliphatic hydroxyl groups excluding tert-OH is 1. The van der Waals surface area contributed by atoms with E-state index in [0.717, 1.165) is 12.0 Å². The highest BCUT2D eigenvalue weighted by atomic mass is 32.2. The van der Waals surface area contributed by atoms with Gasteiger partial charge >= 0.3 is 0 Å². The van der Waals surface area contributed by atoms with Crippen molar-refractivity contribution >= 4 is 15.7 Å². The first-order chi connectivity index (χ1) is 8.57. The Balaban J connectivity index is 2.66. The summed E-state index contributed by atoms with van der Waals surface area (Å²) < 4.78 is 25.9. The maximum Gasteiger partial charge on any atom is 0.232 e. The molecule has 18 heavy (non-hydrogen) atoms. The Hall–Kier alpha value is -1.11. The Kier molecular flexibility index (Phi) is 6.11. The fraction of sp³-hybridized carbons (Fsp3) is 0.500. The zero-order valence-electron chi connectivity index (χ0n) is 10.3. The van der Waals surface area contributed by atoms with Crippen LogP contribution in [0.2, 0.25) is 0 Å². The van der Waals surface area contributed by atoms with E-state index in [1.807, 2.05) is 6.07 Å². The van der Waals surface area contributed by atoms with E-state index in [2.05, 4.69) is 4.72 Å². The van der Waals surface area contributed by atoms with Crippen molar-refractivity contribution < 1.29 is 13.5 Å². The first kappa shape index (κ1) is 14.9. The molecular weight excluding hydrogens is 252 g/mol.